The zero-order valence-corrected chi connectivity index (χ0v) is 28.8. The second-order valence-corrected chi connectivity index (χ2v) is 12.4. The zero-order valence-electron chi connectivity index (χ0n) is 28.8. The number of hydrogen-bond acceptors (Lipinski definition) is 5. The standard InChI is InChI=1S/C18H36O2.C12H24O2.C6H14O3/c1-2-3-4-5-6-7-8-9-10-11-12-13-14-15-16-17-18(19)20;1-2-3-4-5-6-7-8-9-10-11-12(13)14;1-2-6(3-7,4-8)5-9/h2-17H2,1H3,(H,19,20);2-11H2,1H3,(H,13,14);7-9H,2-5H2,1H3. The number of hydrogen-bond donors (Lipinski definition) is 5. The van der Waals surface area contributed by atoms with Gasteiger partial charge in [-0.1, -0.05) is 162 Å². The first-order valence-electron chi connectivity index (χ1n) is 18.0. The van der Waals surface area contributed by atoms with Crippen molar-refractivity contribution in [1.29, 1.82) is 0 Å². The van der Waals surface area contributed by atoms with Crippen molar-refractivity contribution in [3.05, 3.63) is 0 Å². The van der Waals surface area contributed by atoms with Gasteiger partial charge < -0.3 is 25.5 Å². The van der Waals surface area contributed by atoms with Crippen molar-refractivity contribution in [2.45, 2.75) is 194 Å². The van der Waals surface area contributed by atoms with Gasteiger partial charge in [0.15, 0.2) is 0 Å². The molecule has 0 aromatic rings. The summed E-state index contributed by atoms with van der Waals surface area (Å²) < 4.78 is 0. The maximum absolute atomic E-state index is 10.3. The van der Waals surface area contributed by atoms with Crippen molar-refractivity contribution >= 4 is 11.9 Å². The molecule has 0 fully saturated rings. The fourth-order valence-corrected chi connectivity index (χ4v) is 4.72. The Morgan fingerprint density at radius 2 is 0.605 bits per heavy atom. The zero-order chi connectivity index (χ0) is 32.9. The molecule has 0 aromatic carbocycles. The molecule has 260 valence electrons. The van der Waals surface area contributed by atoms with Crippen LogP contribution >= 0.6 is 0 Å². The third kappa shape index (κ3) is 40.8. The highest BCUT2D eigenvalue weighted by molar-refractivity contribution is 5.66. The normalized spacial score (nSPS) is 10.9. The van der Waals surface area contributed by atoms with Crippen LogP contribution in [0.15, 0.2) is 0 Å². The van der Waals surface area contributed by atoms with Gasteiger partial charge in [-0.15, -0.1) is 0 Å². The molecule has 0 aromatic heterocycles. The van der Waals surface area contributed by atoms with E-state index in [1.54, 1.807) is 0 Å². The summed E-state index contributed by atoms with van der Waals surface area (Å²) in [7, 11) is 0. The van der Waals surface area contributed by atoms with E-state index in [0.29, 0.717) is 19.3 Å². The minimum atomic E-state index is -0.667. The molecule has 0 heterocycles. The lowest BCUT2D eigenvalue weighted by Crippen LogP contribution is -2.32. The Labute approximate surface area is 266 Å². The number of unbranched alkanes of at least 4 members (excludes halogenated alkanes) is 22. The third-order valence-corrected chi connectivity index (χ3v) is 8.24. The van der Waals surface area contributed by atoms with Gasteiger partial charge in [-0.3, -0.25) is 9.59 Å². The Bertz CT molecular complexity index is 532. The number of aliphatic hydroxyl groups excluding tert-OH is 3. The predicted octanol–water partition coefficient (Wildman–Crippen LogP) is 9.68. The van der Waals surface area contributed by atoms with Crippen LogP contribution in [0.5, 0.6) is 0 Å². The first kappa shape index (κ1) is 46.2. The van der Waals surface area contributed by atoms with Crippen LogP contribution in [0, 0.1) is 5.41 Å². The van der Waals surface area contributed by atoms with E-state index in [1.165, 1.54) is 128 Å². The van der Waals surface area contributed by atoms with Gasteiger partial charge in [0, 0.05) is 18.3 Å². The Kier molecular flexibility index (Phi) is 41.8. The van der Waals surface area contributed by atoms with Gasteiger partial charge in [-0.25, -0.2) is 0 Å². The summed E-state index contributed by atoms with van der Waals surface area (Å²) in [6.45, 7) is 5.85. The molecule has 43 heavy (non-hydrogen) atoms. The summed E-state index contributed by atoms with van der Waals surface area (Å²) >= 11 is 0. The molecule has 0 saturated heterocycles. The third-order valence-electron chi connectivity index (χ3n) is 8.24. The summed E-state index contributed by atoms with van der Waals surface area (Å²) in [5, 5.41) is 42.9. The van der Waals surface area contributed by atoms with Crippen molar-refractivity contribution in [3.63, 3.8) is 0 Å². The number of rotatable bonds is 30. The van der Waals surface area contributed by atoms with Crippen molar-refractivity contribution in [1.82, 2.24) is 0 Å². The molecule has 0 spiro atoms. The van der Waals surface area contributed by atoms with Gasteiger partial charge in [0.1, 0.15) is 0 Å². The van der Waals surface area contributed by atoms with Crippen LogP contribution in [0.1, 0.15) is 194 Å². The van der Waals surface area contributed by atoms with Crippen LogP contribution in [0.4, 0.5) is 0 Å². The fourth-order valence-electron chi connectivity index (χ4n) is 4.72. The van der Waals surface area contributed by atoms with Crippen LogP contribution in [-0.4, -0.2) is 57.3 Å². The minimum Gasteiger partial charge on any atom is -0.481 e. The second-order valence-electron chi connectivity index (χ2n) is 12.4. The monoisotopic (exact) mass is 619 g/mol. The minimum absolute atomic E-state index is 0.156. The molecule has 5 N–H and O–H groups in total. The van der Waals surface area contributed by atoms with Crippen LogP contribution in [-0.2, 0) is 9.59 Å². The highest BCUT2D eigenvalue weighted by atomic mass is 16.4. The second kappa shape index (κ2) is 38.8. The molecular formula is C36H74O7. The van der Waals surface area contributed by atoms with E-state index in [0.717, 1.165) is 25.7 Å². The number of carboxylic acids is 2. The SMILES string of the molecule is CCC(CO)(CO)CO.CCCCCCCCCCCC(=O)O.CCCCCCCCCCCCCCCCCC(=O)O. The number of carbonyl (C=O) groups is 2. The van der Waals surface area contributed by atoms with E-state index in [2.05, 4.69) is 13.8 Å². The van der Waals surface area contributed by atoms with Gasteiger partial charge in [-0.05, 0) is 19.3 Å². The Balaban J connectivity index is -0.000000604. The van der Waals surface area contributed by atoms with Crippen molar-refractivity contribution in [2.75, 3.05) is 19.8 Å². The Morgan fingerprint density at radius 1 is 0.395 bits per heavy atom. The molecule has 7 heteroatoms. The van der Waals surface area contributed by atoms with E-state index in [4.69, 9.17) is 25.5 Å². The topological polar surface area (TPSA) is 135 Å². The van der Waals surface area contributed by atoms with E-state index < -0.39 is 17.4 Å². The van der Waals surface area contributed by atoms with Crippen molar-refractivity contribution < 1.29 is 35.1 Å². The molecule has 0 bridgehead atoms. The molecule has 0 atom stereocenters. The molecule has 7 nitrogen and oxygen atoms in total. The van der Waals surface area contributed by atoms with Gasteiger partial charge in [0.25, 0.3) is 0 Å². The maximum Gasteiger partial charge on any atom is 0.303 e. The lowest BCUT2D eigenvalue weighted by Gasteiger charge is -2.24. The van der Waals surface area contributed by atoms with Crippen molar-refractivity contribution in [3.8, 4) is 0 Å². The molecule has 0 aliphatic heterocycles. The van der Waals surface area contributed by atoms with E-state index in [9.17, 15) is 9.59 Å². The predicted molar refractivity (Wildman–Crippen MR) is 181 cm³/mol. The van der Waals surface area contributed by atoms with E-state index in [-0.39, 0.29) is 19.8 Å². The van der Waals surface area contributed by atoms with Gasteiger partial charge in [-0.2, -0.15) is 0 Å². The smallest absolute Gasteiger partial charge is 0.303 e. The number of aliphatic hydroxyl groups is 3. The summed E-state index contributed by atoms with van der Waals surface area (Å²) in [6, 6.07) is 0. The molecule has 0 amide bonds. The van der Waals surface area contributed by atoms with Gasteiger partial charge in [0.05, 0.1) is 19.8 Å². The van der Waals surface area contributed by atoms with Crippen molar-refractivity contribution in [2.24, 2.45) is 5.41 Å². The first-order chi connectivity index (χ1) is 20.8. The molecule has 0 unspecified atom stereocenters. The lowest BCUT2D eigenvalue weighted by atomic mass is 9.88. The maximum atomic E-state index is 10.3. The molecule has 0 saturated carbocycles. The average Bonchev–Trinajstić information content (AvgIpc) is 3.00. The highest BCUT2D eigenvalue weighted by Crippen LogP contribution is 2.18. The number of carboxylic acid groups (broad SMARTS) is 2. The Morgan fingerprint density at radius 3 is 0.744 bits per heavy atom. The average molecular weight is 619 g/mol. The summed E-state index contributed by atoms with van der Waals surface area (Å²) in [5.41, 5.74) is -0.667. The highest BCUT2D eigenvalue weighted by Gasteiger charge is 2.24. The summed E-state index contributed by atoms with van der Waals surface area (Å²) in [5.74, 6) is -1.31. The van der Waals surface area contributed by atoms with Gasteiger partial charge in [0.2, 0.25) is 0 Å². The van der Waals surface area contributed by atoms with Crippen LogP contribution in [0.2, 0.25) is 0 Å². The quantitative estimate of drug-likeness (QED) is 0.0506. The molecule has 0 rings (SSSR count). The lowest BCUT2D eigenvalue weighted by molar-refractivity contribution is -0.138. The molecule has 0 aliphatic rings. The summed E-state index contributed by atoms with van der Waals surface area (Å²) in [6.07, 6.45) is 32.3. The summed E-state index contributed by atoms with van der Waals surface area (Å²) in [4.78, 5) is 20.5. The fraction of sp³-hybridized carbons (Fsp3) is 0.944. The largest absolute Gasteiger partial charge is 0.481 e. The van der Waals surface area contributed by atoms with E-state index in [1.807, 2.05) is 6.92 Å². The molecule has 0 aliphatic carbocycles. The number of aliphatic carboxylic acids is 2. The van der Waals surface area contributed by atoms with Crippen LogP contribution < -0.4 is 0 Å². The Hall–Kier alpha value is -1.18. The van der Waals surface area contributed by atoms with Gasteiger partial charge >= 0.3 is 11.9 Å². The molecule has 0 radical (unpaired) electrons. The van der Waals surface area contributed by atoms with Crippen LogP contribution in [0.25, 0.3) is 0 Å². The van der Waals surface area contributed by atoms with Crippen LogP contribution in [0.3, 0.4) is 0 Å². The first-order valence-corrected chi connectivity index (χ1v) is 18.0. The van der Waals surface area contributed by atoms with E-state index >= 15 is 0 Å². The molecular weight excluding hydrogens is 544 g/mol.